The smallest absolute Gasteiger partial charge is 0.344 e. The molecule has 0 saturated carbocycles. The van der Waals surface area contributed by atoms with E-state index in [1.165, 1.54) is 12.1 Å². The second-order valence-electron chi connectivity index (χ2n) is 5.75. The molecule has 0 radical (unpaired) electrons. The molecule has 0 atom stereocenters. The number of ether oxygens (including phenoxy) is 2. The molecular weight excluding hydrogens is 247 g/mol. The van der Waals surface area contributed by atoms with Crippen molar-refractivity contribution < 1.29 is 18.7 Å². The van der Waals surface area contributed by atoms with E-state index in [9.17, 15) is 9.18 Å². The van der Waals surface area contributed by atoms with Crippen LogP contribution in [0.15, 0.2) is 18.2 Å². The van der Waals surface area contributed by atoms with E-state index in [2.05, 4.69) is 0 Å². The molecule has 0 fully saturated rings. The summed E-state index contributed by atoms with van der Waals surface area (Å²) < 4.78 is 23.8. The van der Waals surface area contributed by atoms with E-state index >= 15 is 0 Å². The summed E-state index contributed by atoms with van der Waals surface area (Å²) in [4.78, 5) is 11.5. The quantitative estimate of drug-likeness (QED) is 0.782. The molecule has 0 aliphatic carbocycles. The lowest BCUT2D eigenvalue weighted by molar-refractivity contribution is -0.157. The Kier molecular flexibility index (Phi) is 4.92. The molecule has 0 bridgehead atoms. The van der Waals surface area contributed by atoms with E-state index in [1.54, 1.807) is 26.8 Å². The van der Waals surface area contributed by atoms with Crippen molar-refractivity contribution in [2.45, 2.75) is 46.1 Å². The van der Waals surface area contributed by atoms with Crippen molar-refractivity contribution in [3.05, 3.63) is 29.6 Å². The molecule has 0 aliphatic rings. The third-order valence-corrected chi connectivity index (χ3v) is 2.34. The minimum atomic E-state index is -0.550. The van der Waals surface area contributed by atoms with Gasteiger partial charge >= 0.3 is 5.97 Å². The number of esters is 1. The Morgan fingerprint density at radius 3 is 2.42 bits per heavy atom. The number of rotatable bonds is 4. The van der Waals surface area contributed by atoms with Crippen LogP contribution in [0.2, 0.25) is 0 Å². The molecule has 0 aromatic heterocycles. The molecule has 106 valence electrons. The summed E-state index contributed by atoms with van der Waals surface area (Å²) in [6.07, 6.45) is 0. The molecular formula is C15H21FO3. The zero-order valence-electron chi connectivity index (χ0n) is 12.1. The number of hydrogen-bond donors (Lipinski definition) is 0. The maximum atomic E-state index is 13.4. The predicted octanol–water partition coefficient (Wildman–Crippen LogP) is 3.67. The first kappa shape index (κ1) is 15.5. The van der Waals surface area contributed by atoms with Crippen LogP contribution in [0.5, 0.6) is 5.75 Å². The van der Waals surface area contributed by atoms with Gasteiger partial charge in [0.1, 0.15) is 17.2 Å². The third kappa shape index (κ3) is 5.73. The van der Waals surface area contributed by atoms with Gasteiger partial charge in [-0.15, -0.1) is 0 Å². The molecule has 0 aliphatic heterocycles. The van der Waals surface area contributed by atoms with E-state index in [4.69, 9.17) is 9.47 Å². The molecule has 0 unspecified atom stereocenters. The topological polar surface area (TPSA) is 35.5 Å². The molecule has 0 amide bonds. The minimum absolute atomic E-state index is 0.194. The zero-order valence-corrected chi connectivity index (χ0v) is 12.1. The first-order valence-electron chi connectivity index (χ1n) is 6.32. The van der Waals surface area contributed by atoms with Gasteiger partial charge in [-0.05, 0) is 44.4 Å². The van der Waals surface area contributed by atoms with Crippen LogP contribution in [0.25, 0.3) is 0 Å². The summed E-state index contributed by atoms with van der Waals surface area (Å²) in [5.41, 5.74) is 0.282. The van der Waals surface area contributed by atoms with Crippen molar-refractivity contribution in [1.82, 2.24) is 0 Å². The molecule has 3 nitrogen and oxygen atoms in total. The van der Waals surface area contributed by atoms with E-state index in [0.717, 1.165) is 5.56 Å². The van der Waals surface area contributed by atoms with Crippen molar-refractivity contribution in [3.8, 4) is 5.75 Å². The van der Waals surface area contributed by atoms with Crippen molar-refractivity contribution >= 4 is 5.97 Å². The fourth-order valence-corrected chi connectivity index (χ4v) is 1.51. The van der Waals surface area contributed by atoms with E-state index in [1.807, 2.05) is 13.8 Å². The Balaban J connectivity index is 2.65. The lowest BCUT2D eigenvalue weighted by Gasteiger charge is -2.19. The van der Waals surface area contributed by atoms with Crippen molar-refractivity contribution in [3.63, 3.8) is 0 Å². The van der Waals surface area contributed by atoms with Crippen LogP contribution in [-0.4, -0.2) is 18.2 Å². The van der Waals surface area contributed by atoms with Crippen LogP contribution in [-0.2, 0) is 9.53 Å². The normalized spacial score (nSPS) is 11.5. The van der Waals surface area contributed by atoms with Crippen molar-refractivity contribution in [1.29, 1.82) is 0 Å². The summed E-state index contributed by atoms with van der Waals surface area (Å²) in [5, 5.41) is 0. The van der Waals surface area contributed by atoms with Crippen LogP contribution >= 0.6 is 0 Å². The summed E-state index contributed by atoms with van der Waals surface area (Å²) in [7, 11) is 0. The highest BCUT2D eigenvalue weighted by Crippen LogP contribution is 2.22. The Morgan fingerprint density at radius 2 is 1.89 bits per heavy atom. The van der Waals surface area contributed by atoms with Gasteiger partial charge in [0.15, 0.2) is 6.61 Å². The highest BCUT2D eigenvalue weighted by Gasteiger charge is 2.16. The second-order valence-corrected chi connectivity index (χ2v) is 5.75. The molecule has 0 saturated heterocycles. The van der Waals surface area contributed by atoms with Gasteiger partial charge in [0, 0.05) is 6.07 Å². The number of carbonyl (C=O) groups is 1. The van der Waals surface area contributed by atoms with Crippen LogP contribution in [0.3, 0.4) is 0 Å². The molecule has 1 rings (SSSR count). The highest BCUT2D eigenvalue weighted by atomic mass is 19.1. The van der Waals surface area contributed by atoms with Crippen molar-refractivity contribution in [2.24, 2.45) is 0 Å². The van der Waals surface area contributed by atoms with Gasteiger partial charge in [-0.25, -0.2) is 9.18 Å². The van der Waals surface area contributed by atoms with Gasteiger partial charge in [0.2, 0.25) is 0 Å². The summed E-state index contributed by atoms with van der Waals surface area (Å²) in [6, 6.07) is 4.46. The van der Waals surface area contributed by atoms with Crippen molar-refractivity contribution in [2.75, 3.05) is 6.61 Å². The van der Waals surface area contributed by atoms with Crippen LogP contribution in [0.1, 0.15) is 46.1 Å². The maximum absolute atomic E-state index is 13.4. The first-order valence-corrected chi connectivity index (χ1v) is 6.32. The Morgan fingerprint density at radius 1 is 1.26 bits per heavy atom. The molecule has 1 aromatic rings. The average Bonchev–Trinajstić information content (AvgIpc) is 2.23. The fourth-order valence-electron chi connectivity index (χ4n) is 1.51. The number of benzene rings is 1. The number of halogens is 1. The molecule has 0 heterocycles. The molecule has 4 heteroatoms. The van der Waals surface area contributed by atoms with Crippen LogP contribution in [0.4, 0.5) is 4.39 Å². The summed E-state index contributed by atoms with van der Waals surface area (Å²) in [5.74, 6) is -0.303. The summed E-state index contributed by atoms with van der Waals surface area (Å²) in [6.45, 7) is 9.05. The predicted molar refractivity (Wildman–Crippen MR) is 71.8 cm³/mol. The van der Waals surface area contributed by atoms with Gasteiger partial charge in [-0.1, -0.05) is 13.8 Å². The monoisotopic (exact) mass is 268 g/mol. The average molecular weight is 268 g/mol. The summed E-state index contributed by atoms with van der Waals surface area (Å²) >= 11 is 0. The van der Waals surface area contributed by atoms with Gasteiger partial charge in [-0.2, -0.15) is 0 Å². The second kappa shape index (κ2) is 6.04. The van der Waals surface area contributed by atoms with Gasteiger partial charge in [-0.3, -0.25) is 0 Å². The largest absolute Gasteiger partial charge is 0.482 e. The highest BCUT2D eigenvalue weighted by molar-refractivity contribution is 5.71. The molecule has 19 heavy (non-hydrogen) atoms. The fraction of sp³-hybridized carbons (Fsp3) is 0.533. The molecule has 0 N–H and O–H groups in total. The lowest BCUT2D eigenvalue weighted by atomic mass is 10.0. The SMILES string of the molecule is CC(C)c1cc(F)cc(OCC(=O)OC(C)(C)C)c1. The minimum Gasteiger partial charge on any atom is -0.482 e. The maximum Gasteiger partial charge on any atom is 0.344 e. The first-order chi connectivity index (χ1) is 8.67. The van der Waals surface area contributed by atoms with Gasteiger partial charge in [0.25, 0.3) is 0 Å². The zero-order chi connectivity index (χ0) is 14.6. The standard InChI is InChI=1S/C15H21FO3/c1-10(2)11-6-12(16)8-13(7-11)18-9-14(17)19-15(3,4)5/h6-8,10H,9H2,1-5H3. The number of hydrogen-bond acceptors (Lipinski definition) is 3. The number of carbonyl (C=O) groups excluding carboxylic acids is 1. The van der Waals surface area contributed by atoms with Gasteiger partial charge in [0.05, 0.1) is 0 Å². The van der Waals surface area contributed by atoms with E-state index in [-0.39, 0.29) is 18.3 Å². The van der Waals surface area contributed by atoms with E-state index in [0.29, 0.717) is 5.75 Å². The Labute approximate surface area is 113 Å². The lowest BCUT2D eigenvalue weighted by Crippen LogP contribution is -2.27. The molecule has 1 aromatic carbocycles. The van der Waals surface area contributed by atoms with Gasteiger partial charge < -0.3 is 9.47 Å². The third-order valence-electron chi connectivity index (χ3n) is 2.34. The molecule has 0 spiro atoms. The Bertz CT molecular complexity index is 447. The Hall–Kier alpha value is -1.58. The van der Waals surface area contributed by atoms with E-state index < -0.39 is 11.6 Å². The van der Waals surface area contributed by atoms with Crippen LogP contribution < -0.4 is 4.74 Å². The van der Waals surface area contributed by atoms with Crippen LogP contribution in [0, 0.1) is 5.82 Å².